The van der Waals surface area contributed by atoms with Gasteiger partial charge in [0, 0.05) is 0 Å². The fourth-order valence-electron chi connectivity index (χ4n) is 1.26. The average molecular weight is 223 g/mol. The summed E-state index contributed by atoms with van der Waals surface area (Å²) in [7, 11) is 0. The number of hydrogen-bond acceptors (Lipinski definition) is 4. The van der Waals surface area contributed by atoms with Crippen molar-refractivity contribution >= 4 is 28.5 Å². The third kappa shape index (κ3) is 1.63. The molecule has 0 N–H and O–H groups in total. The van der Waals surface area contributed by atoms with Crippen LogP contribution in [0.2, 0.25) is 0 Å². The van der Waals surface area contributed by atoms with Gasteiger partial charge in [-0.1, -0.05) is 6.07 Å². The molecule has 72 valence electrons. The first-order valence-corrected chi connectivity index (χ1v) is 5.90. The molecule has 0 saturated heterocycles. The Morgan fingerprint density at radius 2 is 2.21 bits per heavy atom. The number of rotatable bonds is 2. The molecule has 14 heavy (non-hydrogen) atoms. The molecule has 0 radical (unpaired) electrons. The summed E-state index contributed by atoms with van der Waals surface area (Å²) >= 11 is 2.94. The van der Waals surface area contributed by atoms with E-state index in [2.05, 4.69) is 4.98 Å². The van der Waals surface area contributed by atoms with Crippen LogP contribution in [-0.2, 0) is 0 Å². The summed E-state index contributed by atoms with van der Waals surface area (Å²) in [5.74, 6) is 0.100. The van der Waals surface area contributed by atoms with Crippen LogP contribution >= 0.6 is 22.7 Å². The van der Waals surface area contributed by atoms with Crippen LogP contribution in [0.3, 0.4) is 0 Å². The molecular weight excluding hydrogens is 214 g/mol. The number of hydrogen-bond donors (Lipinski definition) is 0. The van der Waals surface area contributed by atoms with Crippen molar-refractivity contribution in [3.63, 3.8) is 0 Å². The molecule has 2 heterocycles. The van der Waals surface area contributed by atoms with Crippen LogP contribution in [0.15, 0.2) is 17.5 Å². The Hall–Kier alpha value is -1.00. The monoisotopic (exact) mass is 223 g/mol. The second-order valence-electron chi connectivity index (χ2n) is 2.95. The van der Waals surface area contributed by atoms with Gasteiger partial charge in [0.05, 0.1) is 20.5 Å². The van der Waals surface area contributed by atoms with E-state index in [0.717, 1.165) is 20.5 Å². The molecule has 0 unspecified atom stereocenters. The van der Waals surface area contributed by atoms with Gasteiger partial charge >= 0.3 is 0 Å². The van der Waals surface area contributed by atoms with Crippen LogP contribution in [0.4, 0.5) is 0 Å². The SMILES string of the molecule is Cc1nc(C)c(C(=O)c2cccs2)s1. The van der Waals surface area contributed by atoms with E-state index >= 15 is 0 Å². The number of thiazole rings is 1. The minimum atomic E-state index is 0.100. The first kappa shape index (κ1) is 9.55. The highest BCUT2D eigenvalue weighted by atomic mass is 32.1. The van der Waals surface area contributed by atoms with Gasteiger partial charge < -0.3 is 0 Å². The van der Waals surface area contributed by atoms with Crippen molar-refractivity contribution in [3.8, 4) is 0 Å². The van der Waals surface area contributed by atoms with Gasteiger partial charge in [-0.3, -0.25) is 4.79 Å². The number of carbonyl (C=O) groups is 1. The number of aromatic nitrogens is 1. The highest BCUT2D eigenvalue weighted by Gasteiger charge is 2.16. The van der Waals surface area contributed by atoms with E-state index in [0.29, 0.717) is 0 Å². The van der Waals surface area contributed by atoms with E-state index in [9.17, 15) is 4.79 Å². The second-order valence-corrected chi connectivity index (χ2v) is 5.10. The van der Waals surface area contributed by atoms with Crippen LogP contribution in [0, 0.1) is 13.8 Å². The first-order chi connectivity index (χ1) is 6.68. The normalized spacial score (nSPS) is 10.4. The zero-order chi connectivity index (χ0) is 10.1. The number of carbonyl (C=O) groups excluding carboxylic acids is 1. The molecule has 0 amide bonds. The summed E-state index contributed by atoms with van der Waals surface area (Å²) < 4.78 is 0. The minimum absolute atomic E-state index is 0.100. The highest BCUT2D eigenvalue weighted by molar-refractivity contribution is 7.16. The predicted octanol–water partition coefficient (Wildman–Crippen LogP) is 3.05. The second kappa shape index (κ2) is 3.63. The van der Waals surface area contributed by atoms with Crippen LogP contribution < -0.4 is 0 Å². The summed E-state index contributed by atoms with van der Waals surface area (Å²) in [6, 6.07) is 3.74. The summed E-state index contributed by atoms with van der Waals surface area (Å²) in [6.07, 6.45) is 0. The fraction of sp³-hybridized carbons (Fsp3) is 0.200. The minimum Gasteiger partial charge on any atom is -0.287 e. The van der Waals surface area contributed by atoms with Gasteiger partial charge in [-0.25, -0.2) is 4.98 Å². The molecule has 0 atom stereocenters. The van der Waals surface area contributed by atoms with E-state index in [1.165, 1.54) is 22.7 Å². The smallest absolute Gasteiger partial charge is 0.214 e. The maximum absolute atomic E-state index is 11.9. The predicted molar refractivity (Wildman–Crippen MR) is 59.3 cm³/mol. The lowest BCUT2D eigenvalue weighted by Gasteiger charge is -1.93. The van der Waals surface area contributed by atoms with Gasteiger partial charge in [0.15, 0.2) is 0 Å². The molecular formula is C10H9NOS2. The summed E-state index contributed by atoms with van der Waals surface area (Å²) in [4.78, 5) is 17.7. The third-order valence-electron chi connectivity index (χ3n) is 1.85. The molecule has 0 bridgehead atoms. The Bertz CT molecular complexity index is 456. The van der Waals surface area contributed by atoms with Gasteiger partial charge in [-0.15, -0.1) is 22.7 Å². The van der Waals surface area contributed by atoms with E-state index < -0.39 is 0 Å². The summed E-state index contributed by atoms with van der Waals surface area (Å²) in [5, 5.41) is 2.86. The van der Waals surface area contributed by atoms with Crippen LogP contribution in [0.25, 0.3) is 0 Å². The summed E-state index contributed by atoms with van der Waals surface area (Å²) in [5.41, 5.74) is 0.839. The zero-order valence-corrected chi connectivity index (χ0v) is 9.54. The number of ketones is 1. The standard InChI is InChI=1S/C10H9NOS2/c1-6-10(14-7(2)11-6)9(12)8-4-3-5-13-8/h3-5H,1-2H3. The van der Waals surface area contributed by atoms with Crippen molar-refractivity contribution in [2.75, 3.05) is 0 Å². The lowest BCUT2D eigenvalue weighted by Crippen LogP contribution is -1.97. The van der Waals surface area contributed by atoms with Crippen molar-refractivity contribution in [2.45, 2.75) is 13.8 Å². The van der Waals surface area contributed by atoms with Crippen LogP contribution in [0.1, 0.15) is 25.3 Å². The lowest BCUT2D eigenvalue weighted by molar-refractivity contribution is 0.104. The van der Waals surface area contributed by atoms with Crippen molar-refractivity contribution in [1.82, 2.24) is 4.98 Å². The van der Waals surface area contributed by atoms with E-state index in [-0.39, 0.29) is 5.78 Å². The van der Waals surface area contributed by atoms with Crippen molar-refractivity contribution in [3.05, 3.63) is 38.0 Å². The molecule has 2 aromatic heterocycles. The van der Waals surface area contributed by atoms with E-state index in [1.54, 1.807) is 0 Å². The Balaban J connectivity index is 2.41. The Kier molecular flexibility index (Phi) is 2.48. The number of aryl methyl sites for hydroxylation is 2. The molecule has 0 aromatic carbocycles. The number of nitrogens with zero attached hydrogens (tertiary/aromatic N) is 1. The van der Waals surface area contributed by atoms with Gasteiger partial charge in [-0.2, -0.15) is 0 Å². The summed E-state index contributed by atoms with van der Waals surface area (Å²) in [6.45, 7) is 3.80. The van der Waals surface area contributed by atoms with Gasteiger partial charge in [0.25, 0.3) is 0 Å². The number of thiophene rings is 1. The first-order valence-electron chi connectivity index (χ1n) is 4.20. The molecule has 0 aliphatic rings. The average Bonchev–Trinajstić information content (AvgIpc) is 2.73. The molecule has 4 heteroatoms. The Morgan fingerprint density at radius 3 is 2.71 bits per heavy atom. The van der Waals surface area contributed by atoms with Crippen molar-refractivity contribution < 1.29 is 4.79 Å². The highest BCUT2D eigenvalue weighted by Crippen LogP contribution is 2.22. The van der Waals surface area contributed by atoms with Gasteiger partial charge in [0.2, 0.25) is 5.78 Å². The largest absolute Gasteiger partial charge is 0.287 e. The van der Waals surface area contributed by atoms with Gasteiger partial charge in [0.1, 0.15) is 0 Å². The van der Waals surface area contributed by atoms with E-state index in [1.807, 2.05) is 31.4 Å². The molecule has 0 fully saturated rings. The molecule has 2 aromatic rings. The van der Waals surface area contributed by atoms with Crippen molar-refractivity contribution in [1.29, 1.82) is 0 Å². The van der Waals surface area contributed by atoms with E-state index in [4.69, 9.17) is 0 Å². The Morgan fingerprint density at radius 1 is 1.43 bits per heavy atom. The quantitative estimate of drug-likeness (QED) is 0.732. The zero-order valence-electron chi connectivity index (χ0n) is 7.90. The third-order valence-corrected chi connectivity index (χ3v) is 3.79. The van der Waals surface area contributed by atoms with Crippen molar-refractivity contribution in [2.24, 2.45) is 0 Å². The molecule has 0 aliphatic carbocycles. The topological polar surface area (TPSA) is 30.0 Å². The molecule has 2 nitrogen and oxygen atoms in total. The molecule has 0 aliphatic heterocycles. The fourth-order valence-corrected chi connectivity index (χ4v) is 2.87. The maximum Gasteiger partial charge on any atom is 0.214 e. The molecule has 0 spiro atoms. The van der Waals surface area contributed by atoms with Crippen LogP contribution in [0.5, 0.6) is 0 Å². The maximum atomic E-state index is 11.9. The molecule has 2 rings (SSSR count). The van der Waals surface area contributed by atoms with Crippen LogP contribution in [-0.4, -0.2) is 10.8 Å². The Labute approximate surface area is 90.2 Å². The lowest BCUT2D eigenvalue weighted by atomic mass is 10.2. The molecule has 0 saturated carbocycles. The van der Waals surface area contributed by atoms with Gasteiger partial charge in [-0.05, 0) is 25.3 Å².